The number of alkyl carbamates (subject to hydrolysis) is 1. The highest BCUT2D eigenvalue weighted by Gasteiger charge is 2.37. The molecule has 1 aromatic carbocycles. The minimum atomic E-state index is -3.16. The number of alkyl halides is 1. The van der Waals surface area contributed by atoms with Crippen molar-refractivity contribution in [2.75, 3.05) is 11.5 Å². The molecule has 0 radical (unpaired) electrons. The van der Waals surface area contributed by atoms with Crippen LogP contribution in [0.4, 0.5) is 4.79 Å². The van der Waals surface area contributed by atoms with Crippen molar-refractivity contribution >= 4 is 27.5 Å². The Morgan fingerprint density at radius 3 is 2.58 bits per heavy atom. The maximum Gasteiger partial charge on any atom is 0.407 e. The summed E-state index contributed by atoms with van der Waals surface area (Å²) in [5.74, 6) is -0.250. The fourth-order valence-corrected chi connectivity index (χ4v) is 4.40. The molecule has 19 heavy (non-hydrogen) atoms. The SMILES string of the molecule is O=C(N[C@H]1CS(=O)(=O)C[C@@H]1Cl)OCc1ccccc1. The van der Waals surface area contributed by atoms with Crippen LogP contribution in [0.2, 0.25) is 0 Å². The molecule has 0 bridgehead atoms. The Bertz CT molecular complexity index is 546. The van der Waals surface area contributed by atoms with E-state index < -0.39 is 27.3 Å². The first-order valence-corrected chi connectivity index (χ1v) is 8.04. The van der Waals surface area contributed by atoms with E-state index in [0.29, 0.717) is 0 Å². The lowest BCUT2D eigenvalue weighted by Crippen LogP contribution is -2.40. The zero-order valence-corrected chi connectivity index (χ0v) is 11.7. The van der Waals surface area contributed by atoms with Gasteiger partial charge < -0.3 is 10.1 Å². The maximum atomic E-state index is 11.5. The quantitative estimate of drug-likeness (QED) is 0.855. The number of carbonyl (C=O) groups is 1. The summed E-state index contributed by atoms with van der Waals surface area (Å²) < 4.78 is 27.7. The molecule has 0 saturated carbocycles. The summed E-state index contributed by atoms with van der Waals surface area (Å²) in [5.41, 5.74) is 0.860. The fraction of sp³-hybridized carbons (Fsp3) is 0.417. The second-order valence-electron chi connectivity index (χ2n) is 4.41. The molecule has 2 atom stereocenters. The minimum Gasteiger partial charge on any atom is -0.445 e. The second-order valence-corrected chi connectivity index (χ2v) is 7.12. The Morgan fingerprint density at radius 2 is 2.00 bits per heavy atom. The average molecular weight is 304 g/mol. The Labute approximate surface area is 116 Å². The Kier molecular flexibility index (Phi) is 4.31. The number of hydrogen-bond donors (Lipinski definition) is 1. The van der Waals surface area contributed by atoms with Crippen LogP contribution in [0.5, 0.6) is 0 Å². The van der Waals surface area contributed by atoms with Gasteiger partial charge in [0.1, 0.15) is 6.61 Å². The van der Waals surface area contributed by atoms with E-state index in [4.69, 9.17) is 16.3 Å². The number of benzene rings is 1. The third-order valence-corrected chi connectivity index (χ3v) is 5.17. The number of nitrogens with one attached hydrogen (secondary N) is 1. The van der Waals surface area contributed by atoms with Gasteiger partial charge in [-0.1, -0.05) is 30.3 Å². The van der Waals surface area contributed by atoms with Crippen molar-refractivity contribution in [3.63, 3.8) is 0 Å². The number of ether oxygens (including phenoxy) is 1. The summed E-state index contributed by atoms with van der Waals surface area (Å²) in [6.45, 7) is 0.138. The molecule has 2 rings (SSSR count). The maximum absolute atomic E-state index is 11.5. The zero-order valence-electron chi connectivity index (χ0n) is 10.1. The number of hydrogen-bond acceptors (Lipinski definition) is 4. The van der Waals surface area contributed by atoms with Gasteiger partial charge in [-0.05, 0) is 5.56 Å². The lowest BCUT2D eigenvalue weighted by Gasteiger charge is -2.14. The van der Waals surface area contributed by atoms with Gasteiger partial charge in [0, 0.05) is 0 Å². The van der Waals surface area contributed by atoms with Crippen LogP contribution in [-0.2, 0) is 21.2 Å². The summed E-state index contributed by atoms with van der Waals surface area (Å²) >= 11 is 5.87. The van der Waals surface area contributed by atoms with Crippen molar-refractivity contribution < 1.29 is 17.9 Å². The number of sulfone groups is 1. The minimum absolute atomic E-state index is 0.113. The molecule has 1 heterocycles. The molecule has 0 spiro atoms. The Balaban J connectivity index is 1.82. The fourth-order valence-electron chi connectivity index (χ4n) is 1.85. The molecule has 1 aliphatic rings. The normalized spacial score (nSPS) is 24.9. The van der Waals surface area contributed by atoms with Crippen LogP contribution >= 0.6 is 11.6 Å². The summed E-state index contributed by atoms with van der Waals surface area (Å²) in [6.07, 6.45) is -0.656. The first kappa shape index (κ1) is 14.1. The molecule has 1 aromatic rings. The number of amides is 1. The third kappa shape index (κ3) is 4.11. The van der Waals surface area contributed by atoms with Gasteiger partial charge in [0.2, 0.25) is 0 Å². The van der Waals surface area contributed by atoms with E-state index >= 15 is 0 Å². The van der Waals surface area contributed by atoms with Crippen LogP contribution in [0.25, 0.3) is 0 Å². The summed E-state index contributed by atoms with van der Waals surface area (Å²) in [7, 11) is -3.16. The number of rotatable bonds is 3. The van der Waals surface area contributed by atoms with Crippen molar-refractivity contribution in [1.29, 1.82) is 0 Å². The van der Waals surface area contributed by atoms with E-state index in [1.165, 1.54) is 0 Å². The van der Waals surface area contributed by atoms with E-state index in [1.807, 2.05) is 30.3 Å². The van der Waals surface area contributed by atoms with Gasteiger partial charge in [-0.15, -0.1) is 11.6 Å². The highest BCUT2D eigenvalue weighted by Crippen LogP contribution is 2.18. The van der Waals surface area contributed by atoms with Crippen molar-refractivity contribution in [2.45, 2.75) is 18.0 Å². The molecule has 0 unspecified atom stereocenters. The first-order valence-electron chi connectivity index (χ1n) is 5.78. The molecule has 1 saturated heterocycles. The van der Waals surface area contributed by atoms with Crippen molar-refractivity contribution in [2.24, 2.45) is 0 Å². The summed E-state index contributed by atoms with van der Waals surface area (Å²) in [6, 6.07) is 8.62. The van der Waals surface area contributed by atoms with Gasteiger partial charge in [-0.3, -0.25) is 0 Å². The largest absolute Gasteiger partial charge is 0.445 e. The van der Waals surface area contributed by atoms with E-state index in [-0.39, 0.29) is 18.1 Å². The topological polar surface area (TPSA) is 72.5 Å². The standard InChI is InChI=1S/C12H14ClNO4S/c13-10-7-19(16,17)8-11(10)14-12(15)18-6-9-4-2-1-3-5-9/h1-5,10-11H,6-8H2,(H,14,15)/t10-,11-/m0/s1. The van der Waals surface area contributed by atoms with Crippen molar-refractivity contribution in [1.82, 2.24) is 5.32 Å². The molecule has 0 aliphatic carbocycles. The number of carbonyl (C=O) groups excluding carboxylic acids is 1. The molecule has 1 aliphatic heterocycles. The monoisotopic (exact) mass is 303 g/mol. The highest BCUT2D eigenvalue weighted by atomic mass is 35.5. The summed E-state index contributed by atoms with van der Waals surface area (Å²) in [5, 5.41) is 1.88. The lowest BCUT2D eigenvalue weighted by atomic mass is 10.2. The predicted octanol–water partition coefficient (Wildman–Crippen LogP) is 1.32. The van der Waals surface area contributed by atoms with E-state index in [0.717, 1.165) is 5.56 Å². The first-order chi connectivity index (χ1) is 8.96. The molecule has 5 nitrogen and oxygen atoms in total. The van der Waals surface area contributed by atoms with Gasteiger partial charge in [0.05, 0.1) is 22.9 Å². The van der Waals surface area contributed by atoms with Gasteiger partial charge in [0.25, 0.3) is 0 Å². The molecule has 1 fully saturated rings. The lowest BCUT2D eigenvalue weighted by molar-refractivity contribution is 0.136. The van der Waals surface area contributed by atoms with Crippen LogP contribution in [0.15, 0.2) is 30.3 Å². The van der Waals surface area contributed by atoms with Crippen molar-refractivity contribution in [3.8, 4) is 0 Å². The molecule has 104 valence electrons. The van der Waals surface area contributed by atoms with E-state index in [9.17, 15) is 13.2 Å². The average Bonchev–Trinajstić information content (AvgIpc) is 2.61. The van der Waals surface area contributed by atoms with Gasteiger partial charge in [-0.2, -0.15) is 0 Å². The number of halogens is 1. The van der Waals surface area contributed by atoms with Crippen LogP contribution in [0, 0.1) is 0 Å². The zero-order chi connectivity index (χ0) is 13.9. The van der Waals surface area contributed by atoms with Crippen molar-refractivity contribution in [3.05, 3.63) is 35.9 Å². The Morgan fingerprint density at radius 1 is 1.32 bits per heavy atom. The third-order valence-electron chi connectivity index (χ3n) is 2.80. The van der Waals surface area contributed by atoms with Crippen LogP contribution in [-0.4, -0.2) is 37.4 Å². The highest BCUT2D eigenvalue weighted by molar-refractivity contribution is 7.91. The van der Waals surface area contributed by atoms with Crippen LogP contribution in [0.1, 0.15) is 5.56 Å². The molecular weight excluding hydrogens is 290 g/mol. The Hall–Kier alpha value is -1.27. The summed E-state index contributed by atoms with van der Waals surface area (Å²) in [4.78, 5) is 11.5. The molecule has 7 heteroatoms. The molecule has 1 amide bonds. The smallest absolute Gasteiger partial charge is 0.407 e. The van der Waals surface area contributed by atoms with Gasteiger partial charge in [0.15, 0.2) is 9.84 Å². The molecule has 1 N–H and O–H groups in total. The van der Waals surface area contributed by atoms with E-state index in [2.05, 4.69) is 5.32 Å². The predicted molar refractivity (Wildman–Crippen MR) is 71.8 cm³/mol. The van der Waals surface area contributed by atoms with Gasteiger partial charge >= 0.3 is 6.09 Å². The molecular formula is C12H14ClNO4S. The van der Waals surface area contributed by atoms with Crippen LogP contribution in [0.3, 0.4) is 0 Å². The van der Waals surface area contributed by atoms with E-state index in [1.54, 1.807) is 0 Å². The van der Waals surface area contributed by atoms with Gasteiger partial charge in [-0.25, -0.2) is 13.2 Å². The molecule has 0 aromatic heterocycles. The second kappa shape index (κ2) is 5.79. The van der Waals surface area contributed by atoms with Crippen LogP contribution < -0.4 is 5.32 Å².